The number of hydrogen-bond acceptors (Lipinski definition) is 7. The largest absolute Gasteiger partial charge is 0.480 e. The second-order valence-electron chi connectivity index (χ2n) is 9.45. The number of nitrogens with zero attached hydrogens (tertiary/aromatic N) is 2. The molecule has 0 saturated carbocycles. The second-order valence-corrected chi connectivity index (χ2v) is 9.45. The Morgan fingerprint density at radius 3 is 2.59 bits per heavy atom. The number of aliphatic hydroxyl groups excluding tert-OH is 1. The minimum absolute atomic E-state index is 0.0309. The van der Waals surface area contributed by atoms with Crippen molar-refractivity contribution < 1.29 is 29.4 Å². The zero-order valence-electron chi connectivity index (χ0n) is 21.5. The van der Waals surface area contributed by atoms with Crippen molar-refractivity contribution in [2.45, 2.75) is 56.3 Å². The van der Waals surface area contributed by atoms with Crippen LogP contribution < -0.4 is 27.8 Å². The third-order valence-corrected chi connectivity index (χ3v) is 6.65. The fraction of sp³-hybridized carbons (Fsp3) is 0.480. The number of para-hydroxylation sites is 1. The summed E-state index contributed by atoms with van der Waals surface area (Å²) in [6.45, 7) is -0.264. The molecule has 0 radical (unpaired) electrons. The molecule has 39 heavy (non-hydrogen) atoms. The Morgan fingerprint density at radius 2 is 1.90 bits per heavy atom. The number of aliphatic imine (C=N–C) groups is 1. The van der Waals surface area contributed by atoms with Gasteiger partial charge in [0.2, 0.25) is 17.7 Å². The van der Waals surface area contributed by atoms with Crippen LogP contribution in [0.15, 0.2) is 35.5 Å². The number of carbonyl (C=O) groups excluding carboxylic acids is 3. The smallest absolute Gasteiger partial charge is 0.326 e. The molecule has 0 bridgehead atoms. The van der Waals surface area contributed by atoms with Crippen LogP contribution in [0.25, 0.3) is 10.9 Å². The van der Waals surface area contributed by atoms with Crippen LogP contribution >= 0.6 is 0 Å². The number of aliphatic hydroxyl groups is 1. The molecule has 1 aromatic carbocycles. The van der Waals surface area contributed by atoms with E-state index in [1.807, 2.05) is 30.5 Å². The van der Waals surface area contributed by atoms with Gasteiger partial charge < -0.3 is 47.9 Å². The molecule has 1 saturated heterocycles. The predicted molar refractivity (Wildman–Crippen MR) is 143 cm³/mol. The molecule has 3 amide bonds. The zero-order valence-corrected chi connectivity index (χ0v) is 21.5. The number of nitrogens with one attached hydrogen (secondary N) is 3. The van der Waals surface area contributed by atoms with Crippen molar-refractivity contribution >= 4 is 40.6 Å². The van der Waals surface area contributed by atoms with Gasteiger partial charge in [0, 0.05) is 30.2 Å². The van der Waals surface area contributed by atoms with E-state index in [1.165, 1.54) is 4.90 Å². The highest BCUT2D eigenvalue weighted by Gasteiger charge is 2.38. The van der Waals surface area contributed by atoms with E-state index in [4.69, 9.17) is 17.2 Å². The monoisotopic (exact) mass is 544 g/mol. The number of rotatable bonds is 13. The van der Waals surface area contributed by atoms with Gasteiger partial charge in [-0.1, -0.05) is 18.2 Å². The minimum atomic E-state index is -1.41. The van der Waals surface area contributed by atoms with Gasteiger partial charge in [0.05, 0.1) is 12.6 Å². The van der Waals surface area contributed by atoms with E-state index in [0.717, 1.165) is 16.5 Å². The van der Waals surface area contributed by atoms with Crippen LogP contribution in [0.4, 0.5) is 0 Å². The van der Waals surface area contributed by atoms with Crippen LogP contribution in [0.3, 0.4) is 0 Å². The molecule has 2 aromatic rings. The lowest BCUT2D eigenvalue weighted by atomic mass is 10.0. The number of fused-ring (bicyclic) bond motifs is 1. The first-order chi connectivity index (χ1) is 18.6. The van der Waals surface area contributed by atoms with Gasteiger partial charge in [-0.15, -0.1) is 0 Å². The number of carbonyl (C=O) groups is 4. The number of aliphatic carboxylic acids is 1. The predicted octanol–water partition coefficient (Wildman–Crippen LogP) is -1.87. The third-order valence-electron chi connectivity index (χ3n) is 6.65. The summed E-state index contributed by atoms with van der Waals surface area (Å²) in [6, 6.07) is 3.22. The number of carboxylic acids is 1. The van der Waals surface area contributed by atoms with Gasteiger partial charge >= 0.3 is 5.97 Å². The highest BCUT2D eigenvalue weighted by Crippen LogP contribution is 2.22. The topological polar surface area (TPSA) is 242 Å². The average Bonchev–Trinajstić information content (AvgIpc) is 3.56. The lowest BCUT2D eigenvalue weighted by Gasteiger charge is -2.28. The number of amides is 3. The average molecular weight is 545 g/mol. The maximum Gasteiger partial charge on any atom is 0.326 e. The van der Waals surface area contributed by atoms with Crippen molar-refractivity contribution in [1.82, 2.24) is 20.5 Å². The number of hydrogen-bond donors (Lipinski definition) is 8. The van der Waals surface area contributed by atoms with Gasteiger partial charge in [-0.3, -0.25) is 19.4 Å². The molecule has 14 heteroatoms. The molecule has 14 nitrogen and oxygen atoms in total. The second kappa shape index (κ2) is 13.6. The van der Waals surface area contributed by atoms with E-state index in [1.54, 1.807) is 0 Å². The Balaban J connectivity index is 1.59. The van der Waals surface area contributed by atoms with Crippen molar-refractivity contribution in [3.8, 4) is 0 Å². The molecule has 212 valence electrons. The van der Waals surface area contributed by atoms with Gasteiger partial charge in [-0.25, -0.2) is 4.79 Å². The van der Waals surface area contributed by atoms with Crippen LogP contribution in [-0.4, -0.2) is 93.6 Å². The Labute approximate surface area is 225 Å². The first-order valence-electron chi connectivity index (χ1n) is 12.7. The summed E-state index contributed by atoms with van der Waals surface area (Å²) < 4.78 is 0. The molecular weight excluding hydrogens is 508 g/mol. The molecule has 0 aliphatic carbocycles. The number of benzene rings is 1. The number of nitrogens with two attached hydrogens (primary N) is 3. The van der Waals surface area contributed by atoms with E-state index in [9.17, 15) is 29.4 Å². The maximum absolute atomic E-state index is 13.2. The van der Waals surface area contributed by atoms with E-state index < -0.39 is 54.5 Å². The van der Waals surface area contributed by atoms with Crippen LogP contribution in [0.5, 0.6) is 0 Å². The lowest BCUT2D eigenvalue weighted by molar-refractivity contribution is -0.143. The molecule has 2 heterocycles. The Hall–Kier alpha value is -4.17. The Kier molecular flexibility index (Phi) is 10.2. The summed E-state index contributed by atoms with van der Waals surface area (Å²) in [5, 5.41) is 24.9. The quantitative estimate of drug-likeness (QED) is 0.0798. The molecule has 3 rings (SSSR count). The number of guanidine groups is 1. The number of carboxylic acid groups (broad SMARTS) is 1. The van der Waals surface area contributed by atoms with Crippen molar-refractivity contribution in [1.29, 1.82) is 0 Å². The van der Waals surface area contributed by atoms with Gasteiger partial charge in [-0.2, -0.15) is 0 Å². The fourth-order valence-electron chi connectivity index (χ4n) is 4.64. The SMILES string of the molecule is NC(N)=NCCCC(NC(=O)C(CO)NC(=O)C1CCCN1C(=O)C(N)Cc1c[nH]c2ccccc12)C(=O)O. The molecule has 1 aliphatic rings. The maximum atomic E-state index is 13.2. The molecule has 1 aromatic heterocycles. The van der Waals surface area contributed by atoms with Crippen molar-refractivity contribution in [2.75, 3.05) is 19.7 Å². The van der Waals surface area contributed by atoms with E-state index in [-0.39, 0.29) is 31.8 Å². The summed E-state index contributed by atoms with van der Waals surface area (Å²) in [5.41, 5.74) is 18.5. The van der Waals surface area contributed by atoms with Crippen molar-refractivity contribution in [2.24, 2.45) is 22.2 Å². The number of H-pyrrole nitrogens is 1. The highest BCUT2D eigenvalue weighted by atomic mass is 16.4. The molecule has 0 spiro atoms. The molecule has 1 aliphatic heterocycles. The Morgan fingerprint density at radius 1 is 1.15 bits per heavy atom. The summed E-state index contributed by atoms with van der Waals surface area (Å²) in [5.74, 6) is -3.31. The number of aromatic amines is 1. The number of aromatic nitrogens is 1. The first kappa shape index (κ1) is 29.4. The van der Waals surface area contributed by atoms with Crippen LogP contribution in [0.1, 0.15) is 31.2 Å². The van der Waals surface area contributed by atoms with Crippen LogP contribution in [-0.2, 0) is 25.6 Å². The highest BCUT2D eigenvalue weighted by molar-refractivity contribution is 5.94. The molecule has 11 N–H and O–H groups in total. The van der Waals surface area contributed by atoms with Gasteiger partial charge in [0.1, 0.15) is 18.1 Å². The zero-order chi connectivity index (χ0) is 28.5. The van der Waals surface area contributed by atoms with Crippen molar-refractivity contribution in [3.05, 3.63) is 36.0 Å². The number of likely N-dealkylation sites (tertiary alicyclic amines) is 1. The molecule has 4 unspecified atom stereocenters. The molecule has 1 fully saturated rings. The van der Waals surface area contributed by atoms with Gasteiger partial charge in [0.15, 0.2) is 5.96 Å². The van der Waals surface area contributed by atoms with Crippen molar-refractivity contribution in [3.63, 3.8) is 0 Å². The Bertz CT molecular complexity index is 1210. The van der Waals surface area contributed by atoms with Gasteiger partial charge in [0.25, 0.3) is 0 Å². The van der Waals surface area contributed by atoms with E-state index in [0.29, 0.717) is 19.4 Å². The summed E-state index contributed by atoms with van der Waals surface area (Å²) in [6.07, 6.45) is 3.32. The van der Waals surface area contributed by atoms with Crippen LogP contribution in [0, 0.1) is 0 Å². The van der Waals surface area contributed by atoms with E-state index >= 15 is 0 Å². The standard InChI is InChI=1S/C25H36N8O6/c26-16(11-14-12-30-17-6-2-1-5-15(14)17)23(37)33-10-4-8-20(33)22(36)32-19(13-34)21(35)31-18(24(38)39)7-3-9-29-25(27)28/h1-2,5-6,12,16,18-20,30,34H,3-4,7-11,13,26H2,(H,31,35)(H,32,36)(H,38,39)(H4,27,28,29). The fourth-order valence-corrected chi connectivity index (χ4v) is 4.64. The first-order valence-corrected chi connectivity index (χ1v) is 12.7. The third kappa shape index (κ3) is 7.67. The molecular formula is C25H36N8O6. The summed E-state index contributed by atoms with van der Waals surface area (Å²) >= 11 is 0. The van der Waals surface area contributed by atoms with Gasteiger partial charge in [-0.05, 0) is 43.7 Å². The van der Waals surface area contributed by atoms with Crippen LogP contribution in [0.2, 0.25) is 0 Å². The minimum Gasteiger partial charge on any atom is -0.480 e. The van der Waals surface area contributed by atoms with E-state index in [2.05, 4.69) is 20.6 Å². The normalized spacial score (nSPS) is 17.3. The lowest BCUT2D eigenvalue weighted by Crippen LogP contribution is -2.57. The summed E-state index contributed by atoms with van der Waals surface area (Å²) in [4.78, 5) is 58.8. The summed E-state index contributed by atoms with van der Waals surface area (Å²) in [7, 11) is 0. The molecule has 4 atom stereocenters.